The number of nitrogens with one attached hydrogen (secondary N) is 1. The maximum Gasteiger partial charge on any atom is 0.325 e. The Morgan fingerprint density at radius 2 is 1.82 bits per heavy atom. The summed E-state index contributed by atoms with van der Waals surface area (Å²) < 4.78 is 0. The third-order valence-electron chi connectivity index (χ3n) is 4.43. The molecule has 1 spiro atoms. The van der Waals surface area contributed by atoms with Gasteiger partial charge in [0.1, 0.15) is 5.54 Å². The fourth-order valence-corrected chi connectivity index (χ4v) is 3.12. The van der Waals surface area contributed by atoms with Crippen LogP contribution in [0.2, 0.25) is 0 Å². The molecule has 4 nitrogen and oxygen atoms in total. The zero-order valence-corrected chi connectivity index (χ0v) is 10.8. The number of urea groups is 1. The van der Waals surface area contributed by atoms with Crippen LogP contribution >= 0.6 is 0 Å². The lowest BCUT2D eigenvalue weighted by atomic mass is 9.93. The lowest BCUT2D eigenvalue weighted by Crippen LogP contribution is -2.49. The summed E-state index contributed by atoms with van der Waals surface area (Å²) in [5, 5.41) is 2.50. The minimum Gasteiger partial charge on any atom is -0.309 e. The molecule has 0 radical (unpaired) electrons. The molecule has 0 aromatic heterocycles. The van der Waals surface area contributed by atoms with Gasteiger partial charge >= 0.3 is 6.03 Å². The van der Waals surface area contributed by atoms with Gasteiger partial charge in [0.15, 0.2) is 0 Å². The minimum absolute atomic E-state index is 0.0639. The van der Waals surface area contributed by atoms with E-state index in [4.69, 9.17) is 0 Å². The highest BCUT2D eigenvalue weighted by Gasteiger charge is 2.54. The van der Waals surface area contributed by atoms with Crippen molar-refractivity contribution < 1.29 is 9.59 Å². The van der Waals surface area contributed by atoms with Gasteiger partial charge in [-0.25, -0.2) is 4.79 Å². The molecule has 1 saturated heterocycles. The van der Waals surface area contributed by atoms with Gasteiger partial charge in [-0.2, -0.15) is 0 Å². The molecule has 0 unspecified atom stereocenters. The zero-order valence-electron chi connectivity index (χ0n) is 10.8. The molecule has 0 aromatic rings. The fourth-order valence-electron chi connectivity index (χ4n) is 3.12. The van der Waals surface area contributed by atoms with Gasteiger partial charge in [-0.1, -0.05) is 39.5 Å². The molecule has 0 atom stereocenters. The zero-order chi connectivity index (χ0) is 12.5. The molecule has 2 rings (SSSR count). The lowest BCUT2D eigenvalue weighted by molar-refractivity contribution is -0.126. The van der Waals surface area contributed by atoms with Crippen molar-refractivity contribution >= 4 is 11.9 Å². The van der Waals surface area contributed by atoms with Gasteiger partial charge in [0.2, 0.25) is 0 Å². The van der Waals surface area contributed by atoms with Gasteiger partial charge < -0.3 is 4.90 Å². The Balaban J connectivity index is 2.17. The van der Waals surface area contributed by atoms with E-state index in [2.05, 4.69) is 19.2 Å². The van der Waals surface area contributed by atoms with E-state index in [1.165, 1.54) is 0 Å². The quantitative estimate of drug-likeness (QED) is 0.764. The summed E-state index contributed by atoms with van der Waals surface area (Å²) in [7, 11) is 0. The van der Waals surface area contributed by atoms with Crippen LogP contribution in [0.1, 0.15) is 52.4 Å². The number of imide groups is 1. The molecule has 96 valence electrons. The molecule has 1 heterocycles. The third kappa shape index (κ3) is 1.94. The normalized spacial score (nSPS) is 22.9. The molecular formula is C13H22N2O2. The summed E-state index contributed by atoms with van der Waals surface area (Å²) in [5.41, 5.74) is -0.500. The number of nitrogens with zero attached hydrogens (tertiary/aromatic N) is 1. The summed E-state index contributed by atoms with van der Waals surface area (Å²) in [4.78, 5) is 25.7. The van der Waals surface area contributed by atoms with E-state index in [1.54, 1.807) is 0 Å². The smallest absolute Gasteiger partial charge is 0.309 e. The van der Waals surface area contributed by atoms with Crippen LogP contribution in [0.4, 0.5) is 4.79 Å². The summed E-state index contributed by atoms with van der Waals surface area (Å²) in [6.45, 7) is 5.02. The molecule has 1 N–H and O–H groups in total. The summed E-state index contributed by atoms with van der Waals surface area (Å²) in [6, 6.07) is -0.177. The molecule has 4 heteroatoms. The fraction of sp³-hybridized carbons (Fsp3) is 0.846. The summed E-state index contributed by atoms with van der Waals surface area (Å²) in [5.74, 6) is 0.440. The Morgan fingerprint density at radius 1 is 1.24 bits per heavy atom. The molecule has 0 aromatic carbocycles. The average molecular weight is 238 g/mol. The highest BCUT2D eigenvalue weighted by Crippen LogP contribution is 2.39. The van der Waals surface area contributed by atoms with Crippen LogP contribution in [-0.4, -0.2) is 28.9 Å². The van der Waals surface area contributed by atoms with Crippen LogP contribution in [0.25, 0.3) is 0 Å². The molecule has 1 aliphatic carbocycles. The second-order valence-corrected chi connectivity index (χ2v) is 5.29. The highest BCUT2D eigenvalue weighted by atomic mass is 16.2. The Bertz CT molecular complexity index is 317. The molecule has 2 aliphatic rings. The highest BCUT2D eigenvalue weighted by molar-refractivity contribution is 6.07. The van der Waals surface area contributed by atoms with Gasteiger partial charge in [-0.05, 0) is 18.8 Å². The van der Waals surface area contributed by atoms with Crippen LogP contribution in [-0.2, 0) is 4.79 Å². The van der Waals surface area contributed by atoms with Crippen molar-refractivity contribution in [3.63, 3.8) is 0 Å². The maximum absolute atomic E-state index is 12.0. The van der Waals surface area contributed by atoms with Crippen molar-refractivity contribution in [2.75, 3.05) is 6.54 Å². The van der Waals surface area contributed by atoms with E-state index in [0.29, 0.717) is 5.92 Å². The first kappa shape index (κ1) is 12.4. The topological polar surface area (TPSA) is 49.4 Å². The first-order chi connectivity index (χ1) is 8.14. The molecule has 3 amide bonds. The molecule has 17 heavy (non-hydrogen) atoms. The predicted octanol–water partition coefficient (Wildman–Crippen LogP) is 2.29. The van der Waals surface area contributed by atoms with Crippen molar-refractivity contribution in [1.29, 1.82) is 0 Å². The van der Waals surface area contributed by atoms with Gasteiger partial charge in [0.05, 0.1) is 0 Å². The number of amides is 3. The van der Waals surface area contributed by atoms with Gasteiger partial charge in [-0.3, -0.25) is 10.1 Å². The molecule has 0 bridgehead atoms. The van der Waals surface area contributed by atoms with Crippen LogP contribution in [0.5, 0.6) is 0 Å². The van der Waals surface area contributed by atoms with Crippen molar-refractivity contribution in [1.82, 2.24) is 10.2 Å². The average Bonchev–Trinajstić information content (AvgIpc) is 2.87. The molecule has 1 aliphatic heterocycles. The monoisotopic (exact) mass is 238 g/mol. The van der Waals surface area contributed by atoms with Gasteiger partial charge in [0.25, 0.3) is 5.91 Å². The summed E-state index contributed by atoms with van der Waals surface area (Å²) in [6.07, 6.45) is 5.91. The van der Waals surface area contributed by atoms with E-state index in [1.807, 2.05) is 4.90 Å². The number of hydrogen-bond donors (Lipinski definition) is 1. The first-order valence-electron chi connectivity index (χ1n) is 6.77. The molecule has 2 fully saturated rings. The van der Waals surface area contributed by atoms with Crippen molar-refractivity contribution in [2.24, 2.45) is 5.92 Å². The van der Waals surface area contributed by atoms with E-state index in [-0.39, 0.29) is 11.9 Å². The Hall–Kier alpha value is -1.06. The lowest BCUT2D eigenvalue weighted by Gasteiger charge is -2.33. The van der Waals surface area contributed by atoms with Crippen LogP contribution in [0, 0.1) is 5.92 Å². The largest absolute Gasteiger partial charge is 0.325 e. The van der Waals surface area contributed by atoms with Crippen LogP contribution in [0.15, 0.2) is 0 Å². The predicted molar refractivity (Wildman–Crippen MR) is 65.5 cm³/mol. The summed E-state index contributed by atoms with van der Waals surface area (Å²) >= 11 is 0. The van der Waals surface area contributed by atoms with E-state index in [9.17, 15) is 9.59 Å². The van der Waals surface area contributed by atoms with E-state index >= 15 is 0 Å². The number of rotatable bonds is 4. The Morgan fingerprint density at radius 3 is 2.35 bits per heavy atom. The minimum atomic E-state index is -0.500. The van der Waals surface area contributed by atoms with Gasteiger partial charge in [0, 0.05) is 6.54 Å². The SMILES string of the molecule is CCC(CC)CN1C(=O)NC(=O)C12CCCC2. The van der Waals surface area contributed by atoms with Crippen molar-refractivity contribution in [2.45, 2.75) is 57.9 Å². The first-order valence-corrected chi connectivity index (χ1v) is 6.77. The standard InChI is InChI=1S/C13H22N2O2/c1-3-10(4-2)9-15-12(17)14-11(16)13(15)7-5-6-8-13/h10H,3-9H2,1-2H3,(H,14,16,17). The maximum atomic E-state index is 12.0. The van der Waals surface area contributed by atoms with E-state index < -0.39 is 5.54 Å². The number of hydrogen-bond acceptors (Lipinski definition) is 2. The second-order valence-electron chi connectivity index (χ2n) is 5.29. The van der Waals surface area contributed by atoms with E-state index in [0.717, 1.165) is 45.1 Å². The van der Waals surface area contributed by atoms with Gasteiger partial charge in [-0.15, -0.1) is 0 Å². The Labute approximate surface area is 103 Å². The Kier molecular flexibility index (Phi) is 3.40. The second kappa shape index (κ2) is 4.67. The van der Waals surface area contributed by atoms with Crippen LogP contribution < -0.4 is 5.32 Å². The van der Waals surface area contributed by atoms with Crippen molar-refractivity contribution in [3.05, 3.63) is 0 Å². The number of carbonyl (C=O) groups is 2. The molecule has 1 saturated carbocycles. The third-order valence-corrected chi connectivity index (χ3v) is 4.43. The van der Waals surface area contributed by atoms with Crippen molar-refractivity contribution in [3.8, 4) is 0 Å². The number of carbonyl (C=O) groups excluding carboxylic acids is 2. The molecular weight excluding hydrogens is 216 g/mol. The van der Waals surface area contributed by atoms with Crippen LogP contribution in [0.3, 0.4) is 0 Å².